The molecule has 1 aromatic carbocycles. The van der Waals surface area contributed by atoms with Crippen molar-refractivity contribution < 1.29 is 0 Å². The molecule has 2 N–H and O–H groups in total. The summed E-state index contributed by atoms with van der Waals surface area (Å²) in [6, 6.07) is 7.84. The van der Waals surface area contributed by atoms with Crippen LogP contribution in [0.1, 0.15) is 5.82 Å². The van der Waals surface area contributed by atoms with Crippen molar-refractivity contribution in [2.24, 2.45) is 0 Å². The molecule has 2 heterocycles. The van der Waals surface area contributed by atoms with E-state index < -0.39 is 0 Å². The molecule has 0 bridgehead atoms. The second-order valence-corrected chi connectivity index (χ2v) is 3.69. The van der Waals surface area contributed by atoms with Crippen molar-refractivity contribution in [3.8, 4) is 5.69 Å². The summed E-state index contributed by atoms with van der Waals surface area (Å²) in [5.41, 5.74) is 1.89. The number of nitrogens with one attached hydrogen (secondary N) is 2. The Balaban J connectivity index is 1.75. The van der Waals surface area contributed by atoms with Crippen LogP contribution in [0.4, 0.5) is 5.69 Å². The van der Waals surface area contributed by atoms with Crippen molar-refractivity contribution in [3.63, 3.8) is 0 Å². The lowest BCUT2D eigenvalue weighted by Gasteiger charge is -2.06. The van der Waals surface area contributed by atoms with Gasteiger partial charge in [0, 0.05) is 18.1 Å². The number of aromatic amines is 1. The average molecular weight is 241 g/mol. The van der Waals surface area contributed by atoms with Gasteiger partial charge in [0.05, 0.1) is 12.2 Å². The summed E-state index contributed by atoms with van der Waals surface area (Å²) in [4.78, 5) is 7.19. The summed E-state index contributed by atoms with van der Waals surface area (Å²) in [6.45, 7) is 0.645. The van der Waals surface area contributed by atoms with Crippen LogP contribution in [0.3, 0.4) is 0 Å². The number of hydrogen-bond acceptors (Lipinski definition) is 5. The monoisotopic (exact) mass is 241 g/mol. The molecular formula is C11H11N7. The molecule has 0 spiro atoms. The Labute approximate surface area is 103 Å². The first-order valence-electron chi connectivity index (χ1n) is 5.47. The Hall–Kier alpha value is -2.70. The topological polar surface area (TPSA) is 84.3 Å². The fraction of sp³-hybridized carbons (Fsp3) is 0.0909. The zero-order chi connectivity index (χ0) is 12.2. The van der Waals surface area contributed by atoms with Gasteiger partial charge in [-0.15, -0.1) is 5.10 Å². The molecule has 18 heavy (non-hydrogen) atoms. The number of aromatic nitrogens is 6. The van der Waals surface area contributed by atoms with Crippen LogP contribution in [0.5, 0.6) is 0 Å². The van der Waals surface area contributed by atoms with Crippen molar-refractivity contribution >= 4 is 5.69 Å². The van der Waals surface area contributed by atoms with Crippen molar-refractivity contribution in [2.45, 2.75) is 6.54 Å². The largest absolute Gasteiger partial charge is 0.378 e. The van der Waals surface area contributed by atoms with Gasteiger partial charge in [0.1, 0.15) is 12.2 Å². The lowest BCUT2D eigenvalue weighted by atomic mass is 10.3. The number of H-pyrrole nitrogens is 1. The fourth-order valence-electron chi connectivity index (χ4n) is 1.62. The van der Waals surface area contributed by atoms with E-state index in [0.29, 0.717) is 6.54 Å². The van der Waals surface area contributed by atoms with Crippen molar-refractivity contribution in [1.29, 1.82) is 0 Å². The number of imidazole rings is 1. The van der Waals surface area contributed by atoms with Crippen LogP contribution in [0.2, 0.25) is 0 Å². The van der Waals surface area contributed by atoms with E-state index >= 15 is 0 Å². The van der Waals surface area contributed by atoms with E-state index in [2.05, 4.69) is 30.8 Å². The van der Waals surface area contributed by atoms with E-state index in [4.69, 9.17) is 0 Å². The molecule has 0 radical (unpaired) electrons. The van der Waals surface area contributed by atoms with E-state index in [1.807, 2.05) is 24.3 Å². The molecule has 2 aromatic heterocycles. The fourth-order valence-corrected chi connectivity index (χ4v) is 1.62. The van der Waals surface area contributed by atoms with E-state index in [0.717, 1.165) is 17.2 Å². The van der Waals surface area contributed by atoms with Crippen LogP contribution >= 0.6 is 0 Å². The van der Waals surface area contributed by atoms with Crippen LogP contribution in [0.25, 0.3) is 5.69 Å². The van der Waals surface area contributed by atoms with Gasteiger partial charge in [-0.1, -0.05) is 6.07 Å². The van der Waals surface area contributed by atoms with Gasteiger partial charge in [-0.05, 0) is 28.6 Å². The molecule has 0 aliphatic rings. The highest BCUT2D eigenvalue weighted by Crippen LogP contribution is 2.13. The minimum absolute atomic E-state index is 0.645. The highest BCUT2D eigenvalue weighted by Gasteiger charge is 2.00. The molecule has 0 fully saturated rings. The average Bonchev–Trinajstić information content (AvgIpc) is 3.10. The molecule has 3 rings (SSSR count). The Kier molecular flexibility index (Phi) is 2.71. The second kappa shape index (κ2) is 4.66. The van der Waals surface area contributed by atoms with E-state index in [1.54, 1.807) is 23.4 Å². The Bertz CT molecular complexity index is 600. The molecule has 3 aromatic rings. The Morgan fingerprint density at radius 1 is 1.33 bits per heavy atom. The number of nitrogens with zero attached hydrogens (tertiary/aromatic N) is 5. The Morgan fingerprint density at radius 3 is 3.11 bits per heavy atom. The summed E-state index contributed by atoms with van der Waals surface area (Å²) in [7, 11) is 0. The SMILES string of the molecule is c1cc(NCc2ncc[nH]2)cc(-n2cnnn2)c1. The molecule has 0 atom stereocenters. The molecule has 0 saturated heterocycles. The van der Waals surface area contributed by atoms with Crippen molar-refractivity contribution in [2.75, 3.05) is 5.32 Å². The maximum absolute atomic E-state index is 4.15. The van der Waals surface area contributed by atoms with Crippen molar-refractivity contribution in [3.05, 3.63) is 48.8 Å². The highest BCUT2D eigenvalue weighted by molar-refractivity contribution is 5.50. The summed E-state index contributed by atoms with van der Waals surface area (Å²) in [6.07, 6.45) is 5.09. The summed E-state index contributed by atoms with van der Waals surface area (Å²) in [5, 5.41) is 14.3. The summed E-state index contributed by atoms with van der Waals surface area (Å²) in [5.74, 6) is 0.892. The molecule has 0 saturated carbocycles. The third-order valence-electron chi connectivity index (χ3n) is 2.47. The third kappa shape index (κ3) is 2.19. The van der Waals surface area contributed by atoms with Gasteiger partial charge in [0.25, 0.3) is 0 Å². The maximum Gasteiger partial charge on any atom is 0.143 e. The van der Waals surface area contributed by atoms with Gasteiger partial charge >= 0.3 is 0 Å². The van der Waals surface area contributed by atoms with Crippen LogP contribution < -0.4 is 5.32 Å². The van der Waals surface area contributed by atoms with Gasteiger partial charge in [0.2, 0.25) is 0 Å². The predicted molar refractivity (Wildman–Crippen MR) is 65.1 cm³/mol. The maximum atomic E-state index is 4.15. The van der Waals surface area contributed by atoms with Crippen LogP contribution in [-0.2, 0) is 6.54 Å². The molecule has 0 unspecified atom stereocenters. The summed E-state index contributed by atoms with van der Waals surface area (Å²) >= 11 is 0. The van der Waals surface area contributed by atoms with E-state index in [-0.39, 0.29) is 0 Å². The number of hydrogen-bond donors (Lipinski definition) is 2. The minimum atomic E-state index is 0.645. The number of rotatable bonds is 4. The zero-order valence-corrected chi connectivity index (χ0v) is 9.48. The molecule has 0 aliphatic carbocycles. The molecule has 0 aliphatic heterocycles. The van der Waals surface area contributed by atoms with Gasteiger partial charge in [-0.25, -0.2) is 9.67 Å². The number of anilines is 1. The Morgan fingerprint density at radius 2 is 2.33 bits per heavy atom. The van der Waals surface area contributed by atoms with E-state index in [9.17, 15) is 0 Å². The quantitative estimate of drug-likeness (QED) is 0.711. The normalized spacial score (nSPS) is 10.4. The van der Waals surface area contributed by atoms with Crippen LogP contribution in [-0.4, -0.2) is 30.2 Å². The van der Waals surface area contributed by atoms with E-state index in [1.165, 1.54) is 0 Å². The van der Waals surface area contributed by atoms with Gasteiger partial charge in [-0.2, -0.15) is 0 Å². The lowest BCUT2D eigenvalue weighted by molar-refractivity contribution is 0.789. The molecule has 90 valence electrons. The highest BCUT2D eigenvalue weighted by atomic mass is 15.5. The number of tetrazole rings is 1. The number of benzene rings is 1. The molecule has 7 heteroatoms. The van der Waals surface area contributed by atoms with Crippen LogP contribution in [0.15, 0.2) is 43.0 Å². The minimum Gasteiger partial charge on any atom is -0.378 e. The smallest absolute Gasteiger partial charge is 0.143 e. The molecular weight excluding hydrogens is 230 g/mol. The first-order valence-corrected chi connectivity index (χ1v) is 5.47. The first kappa shape index (κ1) is 10.5. The van der Waals surface area contributed by atoms with Gasteiger partial charge in [-0.3, -0.25) is 0 Å². The standard InChI is InChI=1S/C11H11N7/c1-2-9(14-7-11-12-4-5-13-11)6-10(3-1)18-8-15-16-17-18/h1-6,8,14H,7H2,(H,12,13). The predicted octanol–water partition coefficient (Wildman–Crippen LogP) is 0.997. The van der Waals surface area contributed by atoms with Gasteiger partial charge < -0.3 is 10.3 Å². The first-order chi connectivity index (χ1) is 8.92. The molecule has 0 amide bonds. The molecule has 7 nitrogen and oxygen atoms in total. The van der Waals surface area contributed by atoms with Crippen LogP contribution in [0, 0.1) is 0 Å². The van der Waals surface area contributed by atoms with Gasteiger partial charge in [0.15, 0.2) is 0 Å². The second-order valence-electron chi connectivity index (χ2n) is 3.69. The van der Waals surface area contributed by atoms with Crippen molar-refractivity contribution in [1.82, 2.24) is 30.2 Å². The summed E-state index contributed by atoms with van der Waals surface area (Å²) < 4.78 is 1.61. The third-order valence-corrected chi connectivity index (χ3v) is 2.47. The zero-order valence-electron chi connectivity index (χ0n) is 9.48. The lowest BCUT2D eigenvalue weighted by Crippen LogP contribution is -2.02.